The molecule has 0 aliphatic carbocycles. The number of amides is 1. The Labute approximate surface area is 224 Å². The zero-order valence-corrected chi connectivity index (χ0v) is 21.9. The van der Waals surface area contributed by atoms with Crippen LogP contribution in [0.3, 0.4) is 0 Å². The van der Waals surface area contributed by atoms with Gasteiger partial charge in [-0.25, -0.2) is 9.97 Å². The van der Waals surface area contributed by atoms with Crippen molar-refractivity contribution in [3.05, 3.63) is 71.5 Å². The largest absolute Gasteiger partial charge is 0.435 e. The van der Waals surface area contributed by atoms with Crippen molar-refractivity contribution in [2.45, 2.75) is 45.5 Å². The molecule has 10 heteroatoms. The normalized spacial score (nSPS) is 18.6. The summed E-state index contributed by atoms with van der Waals surface area (Å²) in [6.07, 6.45) is 1.90. The number of aromatic nitrogens is 3. The summed E-state index contributed by atoms with van der Waals surface area (Å²) in [4.78, 5) is 31.2. The molecule has 0 bridgehead atoms. The number of rotatable bonds is 5. The second-order valence-electron chi connectivity index (χ2n) is 10.4. The number of H-pyrrole nitrogens is 1. The molecule has 0 radical (unpaired) electrons. The molecule has 202 valence electrons. The van der Waals surface area contributed by atoms with Crippen molar-refractivity contribution in [1.29, 1.82) is 0 Å². The van der Waals surface area contributed by atoms with Crippen LogP contribution in [0.2, 0.25) is 0 Å². The summed E-state index contributed by atoms with van der Waals surface area (Å²) in [5, 5.41) is 1.02. The van der Waals surface area contributed by atoms with Gasteiger partial charge >= 0.3 is 6.61 Å². The monoisotopic (exact) mass is 533 g/mol. The SMILES string of the molecule is CC1COCCN1c1nc(-c2cccc3[nH]ccc23)nc2c1CN(C(=O)c1ccc(OC(F)F)cc1)C2(C)C. The summed E-state index contributed by atoms with van der Waals surface area (Å²) in [5.41, 5.74) is 3.23. The average molecular weight is 534 g/mol. The molecular weight excluding hydrogens is 504 g/mol. The van der Waals surface area contributed by atoms with Gasteiger partial charge in [0.2, 0.25) is 0 Å². The van der Waals surface area contributed by atoms with E-state index in [1.807, 2.05) is 44.3 Å². The third-order valence-electron chi connectivity index (χ3n) is 7.60. The highest BCUT2D eigenvalue weighted by Crippen LogP contribution is 2.44. The van der Waals surface area contributed by atoms with Gasteiger partial charge in [-0.2, -0.15) is 8.78 Å². The van der Waals surface area contributed by atoms with Gasteiger partial charge in [0.25, 0.3) is 5.91 Å². The fourth-order valence-corrected chi connectivity index (χ4v) is 5.55. The number of aromatic amines is 1. The molecule has 1 unspecified atom stereocenters. The van der Waals surface area contributed by atoms with E-state index >= 15 is 0 Å². The summed E-state index contributed by atoms with van der Waals surface area (Å²) in [6.45, 7) is 5.31. The van der Waals surface area contributed by atoms with Crippen LogP contribution in [0.15, 0.2) is 54.7 Å². The highest BCUT2D eigenvalue weighted by Gasteiger charge is 2.45. The first-order valence-corrected chi connectivity index (χ1v) is 12.9. The van der Waals surface area contributed by atoms with Crippen LogP contribution in [0.25, 0.3) is 22.3 Å². The molecule has 2 aliphatic heterocycles. The summed E-state index contributed by atoms with van der Waals surface area (Å²) in [5.74, 6) is 1.19. The van der Waals surface area contributed by atoms with E-state index in [0.29, 0.717) is 37.7 Å². The molecule has 8 nitrogen and oxygen atoms in total. The van der Waals surface area contributed by atoms with Gasteiger partial charge in [0.1, 0.15) is 11.6 Å². The molecule has 1 saturated heterocycles. The molecule has 0 saturated carbocycles. The Balaban J connectivity index is 1.44. The molecule has 1 atom stereocenters. The van der Waals surface area contributed by atoms with Crippen LogP contribution in [0, 0.1) is 0 Å². The number of morpholine rings is 1. The van der Waals surface area contributed by atoms with Crippen molar-refractivity contribution in [3.8, 4) is 17.1 Å². The number of nitrogens with one attached hydrogen (secondary N) is 1. The lowest BCUT2D eigenvalue weighted by Crippen LogP contribution is -2.44. The molecule has 2 aliphatic rings. The van der Waals surface area contributed by atoms with Gasteiger partial charge in [-0.3, -0.25) is 4.79 Å². The fourth-order valence-electron chi connectivity index (χ4n) is 5.55. The topological polar surface area (TPSA) is 83.6 Å². The van der Waals surface area contributed by atoms with Crippen LogP contribution in [-0.4, -0.2) is 58.2 Å². The van der Waals surface area contributed by atoms with Gasteiger partial charge in [-0.15, -0.1) is 0 Å². The Morgan fingerprint density at radius 2 is 1.95 bits per heavy atom. The molecule has 0 spiro atoms. The molecule has 2 aromatic heterocycles. The lowest BCUT2D eigenvalue weighted by atomic mass is 9.98. The third-order valence-corrected chi connectivity index (χ3v) is 7.60. The van der Waals surface area contributed by atoms with E-state index < -0.39 is 12.2 Å². The van der Waals surface area contributed by atoms with Crippen LogP contribution < -0.4 is 9.64 Å². The predicted molar refractivity (Wildman–Crippen MR) is 143 cm³/mol. The maximum atomic E-state index is 13.8. The van der Waals surface area contributed by atoms with E-state index in [2.05, 4.69) is 21.5 Å². The smallest absolute Gasteiger partial charge is 0.387 e. The lowest BCUT2D eigenvalue weighted by Gasteiger charge is -2.35. The molecule has 1 fully saturated rings. The van der Waals surface area contributed by atoms with Crippen molar-refractivity contribution < 1.29 is 23.0 Å². The maximum absolute atomic E-state index is 13.8. The average Bonchev–Trinajstić information content (AvgIpc) is 3.50. The quantitative estimate of drug-likeness (QED) is 0.373. The standard InChI is InChI=1S/C29H29F2N5O3/c1-17-16-38-14-13-35(17)26-22-15-36(27(37)18-7-9-19(10-8-18)39-28(30)31)29(2,3)24(22)33-25(34-26)21-5-4-6-23-20(21)11-12-32-23/h4-12,17,28,32H,13-16H2,1-3H3. The lowest BCUT2D eigenvalue weighted by molar-refractivity contribution is -0.0498. The first-order chi connectivity index (χ1) is 18.7. The van der Waals surface area contributed by atoms with Gasteiger partial charge < -0.3 is 24.3 Å². The van der Waals surface area contributed by atoms with Gasteiger partial charge in [-0.1, -0.05) is 12.1 Å². The highest BCUT2D eigenvalue weighted by molar-refractivity contribution is 5.96. The Morgan fingerprint density at radius 1 is 1.15 bits per heavy atom. The second kappa shape index (κ2) is 9.60. The molecule has 39 heavy (non-hydrogen) atoms. The predicted octanol–water partition coefficient (Wildman–Crippen LogP) is 5.34. The number of hydrogen-bond donors (Lipinski definition) is 1. The summed E-state index contributed by atoms with van der Waals surface area (Å²) >= 11 is 0. The van der Waals surface area contributed by atoms with Gasteiger partial charge in [0, 0.05) is 40.3 Å². The van der Waals surface area contributed by atoms with E-state index in [4.69, 9.17) is 14.7 Å². The zero-order valence-electron chi connectivity index (χ0n) is 21.9. The number of anilines is 1. The van der Waals surface area contributed by atoms with E-state index in [-0.39, 0.29) is 17.7 Å². The van der Waals surface area contributed by atoms with Crippen molar-refractivity contribution in [3.63, 3.8) is 0 Å². The number of carbonyl (C=O) groups excluding carboxylic acids is 1. The van der Waals surface area contributed by atoms with Crippen molar-refractivity contribution >= 4 is 22.6 Å². The second-order valence-corrected chi connectivity index (χ2v) is 10.4. The number of alkyl halides is 2. The number of nitrogens with zero attached hydrogens (tertiary/aromatic N) is 4. The van der Waals surface area contributed by atoms with Crippen LogP contribution in [0.5, 0.6) is 5.75 Å². The Morgan fingerprint density at radius 3 is 2.69 bits per heavy atom. The minimum Gasteiger partial charge on any atom is -0.435 e. The Bertz CT molecular complexity index is 1540. The summed E-state index contributed by atoms with van der Waals surface area (Å²) < 4.78 is 35.3. The molecule has 2 aromatic carbocycles. The molecule has 6 rings (SSSR count). The summed E-state index contributed by atoms with van der Waals surface area (Å²) in [7, 11) is 0. The molecule has 1 amide bonds. The minimum atomic E-state index is -2.93. The third kappa shape index (κ3) is 4.38. The number of halogens is 2. The first kappa shape index (κ1) is 25.2. The molecule has 4 aromatic rings. The van der Waals surface area contributed by atoms with Crippen molar-refractivity contribution in [1.82, 2.24) is 19.9 Å². The fraction of sp³-hybridized carbons (Fsp3) is 0.345. The van der Waals surface area contributed by atoms with Gasteiger partial charge in [0.15, 0.2) is 5.82 Å². The van der Waals surface area contributed by atoms with Crippen LogP contribution in [0.1, 0.15) is 42.4 Å². The Kier molecular flexibility index (Phi) is 6.22. The van der Waals surface area contributed by atoms with Gasteiger partial charge in [-0.05, 0) is 57.2 Å². The summed E-state index contributed by atoms with van der Waals surface area (Å²) in [6, 6.07) is 13.9. The number of ether oxygens (including phenoxy) is 2. The van der Waals surface area contributed by atoms with E-state index in [0.717, 1.165) is 33.5 Å². The molecule has 1 N–H and O–H groups in total. The minimum absolute atomic E-state index is 0.00329. The van der Waals surface area contributed by atoms with E-state index in [9.17, 15) is 13.6 Å². The van der Waals surface area contributed by atoms with Crippen LogP contribution in [-0.2, 0) is 16.8 Å². The zero-order chi connectivity index (χ0) is 27.3. The number of fused-ring (bicyclic) bond motifs is 2. The number of benzene rings is 2. The highest BCUT2D eigenvalue weighted by atomic mass is 19.3. The van der Waals surface area contributed by atoms with E-state index in [1.54, 1.807) is 4.90 Å². The first-order valence-electron chi connectivity index (χ1n) is 12.9. The van der Waals surface area contributed by atoms with E-state index in [1.165, 1.54) is 24.3 Å². The van der Waals surface area contributed by atoms with Crippen molar-refractivity contribution in [2.24, 2.45) is 0 Å². The molecule has 4 heterocycles. The molecular formula is C29H29F2N5O3. The van der Waals surface area contributed by atoms with Crippen LogP contribution in [0.4, 0.5) is 14.6 Å². The maximum Gasteiger partial charge on any atom is 0.387 e. The van der Waals surface area contributed by atoms with Crippen LogP contribution >= 0.6 is 0 Å². The van der Waals surface area contributed by atoms with Crippen molar-refractivity contribution in [2.75, 3.05) is 24.7 Å². The Hall–Kier alpha value is -4.05. The number of hydrogen-bond acceptors (Lipinski definition) is 6. The number of carbonyl (C=O) groups is 1. The van der Waals surface area contributed by atoms with Gasteiger partial charge in [0.05, 0.1) is 37.0 Å².